The molecule has 0 bridgehead atoms. The number of hydrogen-bond acceptors (Lipinski definition) is 5. The number of sulfonamides is 1. The fraction of sp³-hybridized carbons (Fsp3) is 0.417. The number of rotatable bonds is 8. The summed E-state index contributed by atoms with van der Waals surface area (Å²) >= 11 is 0. The first kappa shape index (κ1) is 24.6. The van der Waals surface area contributed by atoms with Gasteiger partial charge in [-0.15, -0.1) is 0 Å². The van der Waals surface area contributed by atoms with Gasteiger partial charge in [-0.3, -0.25) is 14.3 Å². The third-order valence-electron chi connectivity index (χ3n) is 5.76. The number of piperidine rings is 1. The second-order valence-corrected chi connectivity index (χ2v) is 9.83. The summed E-state index contributed by atoms with van der Waals surface area (Å²) in [6.45, 7) is 5.10. The standard InChI is InChI=1S/C24H31N3O5S/c1-4-17(2)25-23(28)19-10-6-7-11-21(19)26-33(30,31)18-12-13-22(32-3)20(16-18)24(29)27-14-8-5-9-15-27/h6-7,10-13,16-17,26H,4-5,8-9,14-15H2,1-3H3,(H,25,28)/t17-/m1/s1. The van der Waals surface area contributed by atoms with Crippen LogP contribution in [0.3, 0.4) is 0 Å². The molecule has 178 valence electrons. The number of ether oxygens (including phenoxy) is 1. The molecule has 2 amide bonds. The number of amides is 2. The number of carbonyl (C=O) groups excluding carboxylic acids is 2. The second kappa shape index (κ2) is 10.7. The van der Waals surface area contributed by atoms with Gasteiger partial charge in [0.15, 0.2) is 0 Å². The number of para-hydroxylation sites is 1. The zero-order valence-corrected chi connectivity index (χ0v) is 20.1. The summed E-state index contributed by atoms with van der Waals surface area (Å²) in [7, 11) is -2.63. The lowest BCUT2D eigenvalue weighted by Crippen LogP contribution is -2.36. The summed E-state index contributed by atoms with van der Waals surface area (Å²) in [5.41, 5.74) is 0.586. The summed E-state index contributed by atoms with van der Waals surface area (Å²) in [5.74, 6) is -0.298. The van der Waals surface area contributed by atoms with Crippen LogP contribution in [0.25, 0.3) is 0 Å². The zero-order valence-electron chi connectivity index (χ0n) is 19.3. The highest BCUT2D eigenvalue weighted by atomic mass is 32.2. The van der Waals surface area contributed by atoms with Crippen LogP contribution in [0.5, 0.6) is 5.75 Å². The molecule has 1 aliphatic heterocycles. The van der Waals surface area contributed by atoms with Crippen molar-refractivity contribution in [2.24, 2.45) is 0 Å². The summed E-state index contributed by atoms with van der Waals surface area (Å²) in [6.07, 6.45) is 3.66. The average Bonchev–Trinajstić information content (AvgIpc) is 2.83. The summed E-state index contributed by atoms with van der Waals surface area (Å²) in [5, 5.41) is 2.85. The maximum absolute atomic E-state index is 13.2. The lowest BCUT2D eigenvalue weighted by Gasteiger charge is -2.27. The average molecular weight is 474 g/mol. The van der Waals surface area contributed by atoms with Crippen molar-refractivity contribution in [3.8, 4) is 5.75 Å². The van der Waals surface area contributed by atoms with Gasteiger partial charge in [0.1, 0.15) is 5.75 Å². The highest BCUT2D eigenvalue weighted by Gasteiger charge is 2.25. The largest absolute Gasteiger partial charge is 0.496 e. The van der Waals surface area contributed by atoms with Gasteiger partial charge in [-0.2, -0.15) is 0 Å². The van der Waals surface area contributed by atoms with Gasteiger partial charge in [-0.25, -0.2) is 8.42 Å². The minimum Gasteiger partial charge on any atom is -0.496 e. The minimum absolute atomic E-state index is 0.0490. The van der Waals surface area contributed by atoms with Crippen LogP contribution < -0.4 is 14.8 Å². The summed E-state index contributed by atoms with van der Waals surface area (Å²) in [4.78, 5) is 27.4. The van der Waals surface area contributed by atoms with Gasteiger partial charge in [0.25, 0.3) is 21.8 Å². The molecule has 0 saturated carbocycles. The van der Waals surface area contributed by atoms with Gasteiger partial charge in [0.05, 0.1) is 28.8 Å². The quantitative estimate of drug-likeness (QED) is 0.609. The molecule has 33 heavy (non-hydrogen) atoms. The maximum atomic E-state index is 13.2. The van der Waals surface area contributed by atoms with E-state index in [1.807, 2.05) is 13.8 Å². The van der Waals surface area contributed by atoms with Gasteiger partial charge >= 0.3 is 0 Å². The Balaban J connectivity index is 1.91. The highest BCUT2D eigenvalue weighted by Crippen LogP contribution is 2.27. The normalized spacial score (nSPS) is 14.9. The van der Waals surface area contributed by atoms with Crippen LogP contribution in [0.4, 0.5) is 5.69 Å². The Morgan fingerprint density at radius 3 is 2.42 bits per heavy atom. The number of likely N-dealkylation sites (tertiary alicyclic amines) is 1. The first-order valence-electron chi connectivity index (χ1n) is 11.2. The molecule has 1 aliphatic rings. The molecule has 9 heteroatoms. The lowest BCUT2D eigenvalue weighted by atomic mass is 10.1. The van der Waals surface area contributed by atoms with E-state index in [4.69, 9.17) is 4.74 Å². The maximum Gasteiger partial charge on any atom is 0.261 e. The van der Waals surface area contributed by atoms with Crippen LogP contribution in [0, 0.1) is 0 Å². The van der Waals surface area contributed by atoms with Crippen molar-refractivity contribution < 1.29 is 22.7 Å². The number of benzene rings is 2. The zero-order chi connectivity index (χ0) is 24.0. The van der Waals surface area contributed by atoms with Gasteiger partial charge in [0.2, 0.25) is 0 Å². The molecule has 0 unspecified atom stereocenters. The molecule has 1 heterocycles. The van der Waals surface area contributed by atoms with E-state index in [1.165, 1.54) is 31.4 Å². The smallest absolute Gasteiger partial charge is 0.261 e. The number of nitrogens with zero attached hydrogens (tertiary/aromatic N) is 1. The lowest BCUT2D eigenvalue weighted by molar-refractivity contribution is 0.0720. The van der Waals surface area contributed by atoms with E-state index in [1.54, 1.807) is 23.1 Å². The van der Waals surface area contributed by atoms with Gasteiger partial charge < -0.3 is 15.0 Å². The summed E-state index contributed by atoms with van der Waals surface area (Å²) < 4.78 is 34.2. The molecular weight excluding hydrogens is 442 g/mol. The molecule has 2 N–H and O–H groups in total. The van der Waals surface area contributed by atoms with Crippen molar-refractivity contribution in [2.45, 2.75) is 50.5 Å². The van der Waals surface area contributed by atoms with E-state index < -0.39 is 10.0 Å². The molecule has 0 aliphatic carbocycles. The van der Waals surface area contributed by atoms with E-state index in [9.17, 15) is 18.0 Å². The topological polar surface area (TPSA) is 105 Å². The molecular formula is C24H31N3O5S. The van der Waals surface area contributed by atoms with Gasteiger partial charge in [-0.1, -0.05) is 19.1 Å². The number of anilines is 1. The van der Waals surface area contributed by atoms with Crippen LogP contribution >= 0.6 is 0 Å². The fourth-order valence-electron chi connectivity index (χ4n) is 3.67. The van der Waals surface area contributed by atoms with E-state index in [2.05, 4.69) is 10.0 Å². The van der Waals surface area contributed by atoms with E-state index in [-0.39, 0.29) is 39.6 Å². The molecule has 1 atom stereocenters. The van der Waals surface area contributed by atoms with Crippen LogP contribution in [-0.4, -0.2) is 51.4 Å². The number of carbonyl (C=O) groups is 2. The molecule has 0 radical (unpaired) electrons. The van der Waals surface area contributed by atoms with Crippen LogP contribution in [-0.2, 0) is 10.0 Å². The van der Waals surface area contributed by atoms with Crippen molar-refractivity contribution in [1.29, 1.82) is 0 Å². The monoisotopic (exact) mass is 473 g/mol. The van der Waals surface area contributed by atoms with Crippen LogP contribution in [0.15, 0.2) is 47.4 Å². The Labute approximate surface area is 195 Å². The summed E-state index contributed by atoms with van der Waals surface area (Å²) in [6, 6.07) is 10.6. The number of nitrogens with one attached hydrogen (secondary N) is 2. The molecule has 1 fully saturated rings. The Bertz CT molecular complexity index is 1110. The number of methoxy groups -OCH3 is 1. The molecule has 2 aromatic rings. The molecule has 8 nitrogen and oxygen atoms in total. The molecule has 1 saturated heterocycles. The highest BCUT2D eigenvalue weighted by molar-refractivity contribution is 7.92. The Morgan fingerprint density at radius 2 is 1.76 bits per heavy atom. The SMILES string of the molecule is CC[C@@H](C)NC(=O)c1ccccc1NS(=O)(=O)c1ccc(OC)c(C(=O)N2CCCCC2)c1. The second-order valence-electron chi connectivity index (χ2n) is 8.15. The predicted molar refractivity (Wildman–Crippen MR) is 127 cm³/mol. The van der Waals surface area contributed by atoms with Crippen molar-refractivity contribution in [3.05, 3.63) is 53.6 Å². The van der Waals surface area contributed by atoms with Crippen LogP contribution in [0.2, 0.25) is 0 Å². The molecule has 0 aromatic heterocycles. The molecule has 3 rings (SSSR count). The van der Waals surface area contributed by atoms with Gasteiger partial charge in [0, 0.05) is 19.1 Å². The van der Waals surface area contributed by atoms with E-state index in [0.29, 0.717) is 18.8 Å². The van der Waals surface area contributed by atoms with E-state index >= 15 is 0 Å². The Kier molecular flexibility index (Phi) is 7.97. The predicted octanol–water partition coefficient (Wildman–Crippen LogP) is 3.65. The first-order chi connectivity index (χ1) is 15.8. The Morgan fingerprint density at radius 1 is 1.06 bits per heavy atom. The third-order valence-corrected chi connectivity index (χ3v) is 7.12. The van der Waals surface area contributed by atoms with Crippen molar-refractivity contribution in [3.63, 3.8) is 0 Å². The van der Waals surface area contributed by atoms with Gasteiger partial charge in [-0.05, 0) is 62.9 Å². The third kappa shape index (κ3) is 5.84. The van der Waals surface area contributed by atoms with Crippen molar-refractivity contribution in [1.82, 2.24) is 10.2 Å². The van der Waals surface area contributed by atoms with Crippen molar-refractivity contribution >= 4 is 27.5 Å². The van der Waals surface area contributed by atoms with Crippen molar-refractivity contribution in [2.75, 3.05) is 24.9 Å². The van der Waals surface area contributed by atoms with E-state index in [0.717, 1.165) is 25.7 Å². The fourth-order valence-corrected chi connectivity index (χ4v) is 4.77. The number of hydrogen-bond donors (Lipinski definition) is 2. The van der Waals surface area contributed by atoms with Crippen LogP contribution in [0.1, 0.15) is 60.2 Å². The molecule has 2 aromatic carbocycles. The molecule has 0 spiro atoms. The first-order valence-corrected chi connectivity index (χ1v) is 12.6. The Hall–Kier alpha value is -3.07. The minimum atomic E-state index is -4.07.